The normalized spacial score (nSPS) is 10.1. The van der Waals surface area contributed by atoms with Crippen molar-refractivity contribution in [2.75, 3.05) is 47.0 Å². The molecular weight excluding hydrogens is 330 g/mol. The van der Waals surface area contributed by atoms with E-state index in [1.807, 2.05) is 48.1 Å². The Morgan fingerprint density at radius 1 is 1.16 bits per heavy atom. The first-order valence-corrected chi connectivity index (χ1v) is 9.89. The van der Waals surface area contributed by atoms with Crippen LogP contribution in [0.5, 0.6) is 0 Å². The summed E-state index contributed by atoms with van der Waals surface area (Å²) < 4.78 is 0. The number of thiol groups is 1. The molecule has 4 nitrogen and oxygen atoms in total. The summed E-state index contributed by atoms with van der Waals surface area (Å²) in [4.78, 5) is 14.1. The van der Waals surface area contributed by atoms with Crippen LogP contribution in [0.2, 0.25) is 0 Å². The molecule has 5 heteroatoms. The maximum absolute atomic E-state index is 12.0. The first kappa shape index (κ1) is 31.9. The molecule has 0 heterocycles. The fourth-order valence-electron chi connectivity index (χ4n) is 1.81. The van der Waals surface area contributed by atoms with Gasteiger partial charge >= 0.3 is 0 Å². The SMILES string of the molecule is C=C.C=CCC(CCCCS)C(=O)NCCCN(C)C.CC.CNC. The van der Waals surface area contributed by atoms with Crippen molar-refractivity contribution in [3.8, 4) is 0 Å². The molecule has 0 radical (unpaired) electrons. The van der Waals surface area contributed by atoms with E-state index in [1.54, 1.807) is 0 Å². The van der Waals surface area contributed by atoms with Crippen molar-refractivity contribution < 1.29 is 4.79 Å². The highest BCUT2D eigenvalue weighted by molar-refractivity contribution is 7.80. The van der Waals surface area contributed by atoms with Gasteiger partial charge in [-0.05, 0) is 66.2 Å². The number of carbonyl (C=O) groups excluding carboxylic acids is 1. The second-order valence-electron chi connectivity index (χ2n) is 5.39. The molecular formula is C20H45N3OS. The van der Waals surface area contributed by atoms with Crippen LogP contribution in [0, 0.1) is 5.92 Å². The summed E-state index contributed by atoms with van der Waals surface area (Å²) in [6, 6.07) is 0. The summed E-state index contributed by atoms with van der Waals surface area (Å²) in [7, 11) is 7.83. The van der Waals surface area contributed by atoms with Crippen molar-refractivity contribution >= 4 is 18.5 Å². The fraction of sp³-hybridized carbons (Fsp3) is 0.750. The van der Waals surface area contributed by atoms with E-state index in [1.165, 1.54) is 0 Å². The van der Waals surface area contributed by atoms with Crippen LogP contribution in [-0.2, 0) is 4.79 Å². The van der Waals surface area contributed by atoms with Gasteiger partial charge in [0.2, 0.25) is 5.91 Å². The lowest BCUT2D eigenvalue weighted by atomic mass is 9.97. The van der Waals surface area contributed by atoms with E-state index >= 15 is 0 Å². The summed E-state index contributed by atoms with van der Waals surface area (Å²) in [5.41, 5.74) is 0. The van der Waals surface area contributed by atoms with Gasteiger partial charge in [0, 0.05) is 12.5 Å². The van der Waals surface area contributed by atoms with E-state index in [2.05, 4.69) is 47.9 Å². The van der Waals surface area contributed by atoms with Crippen molar-refractivity contribution in [1.82, 2.24) is 15.5 Å². The highest BCUT2D eigenvalue weighted by Gasteiger charge is 2.15. The molecule has 0 fully saturated rings. The average molecular weight is 376 g/mol. The molecule has 2 N–H and O–H groups in total. The van der Waals surface area contributed by atoms with E-state index in [4.69, 9.17) is 0 Å². The van der Waals surface area contributed by atoms with Gasteiger partial charge in [0.1, 0.15) is 0 Å². The van der Waals surface area contributed by atoms with E-state index in [0.717, 1.165) is 50.9 Å². The Morgan fingerprint density at radius 2 is 1.68 bits per heavy atom. The van der Waals surface area contributed by atoms with Gasteiger partial charge in [-0.25, -0.2) is 0 Å². The predicted molar refractivity (Wildman–Crippen MR) is 120 cm³/mol. The third-order valence-electron chi connectivity index (χ3n) is 2.86. The van der Waals surface area contributed by atoms with Crippen LogP contribution in [0.1, 0.15) is 46.0 Å². The molecule has 0 saturated heterocycles. The highest BCUT2D eigenvalue weighted by atomic mass is 32.1. The van der Waals surface area contributed by atoms with Crippen molar-refractivity contribution in [3.63, 3.8) is 0 Å². The van der Waals surface area contributed by atoms with E-state index in [9.17, 15) is 4.79 Å². The van der Waals surface area contributed by atoms with Crippen molar-refractivity contribution in [2.45, 2.75) is 46.0 Å². The zero-order chi connectivity index (χ0) is 20.5. The predicted octanol–water partition coefficient (Wildman–Crippen LogP) is 4.01. The van der Waals surface area contributed by atoms with Crippen LogP contribution < -0.4 is 10.6 Å². The molecule has 0 spiro atoms. The molecule has 1 atom stereocenters. The van der Waals surface area contributed by atoms with Crippen LogP contribution in [0.4, 0.5) is 0 Å². The summed E-state index contributed by atoms with van der Waals surface area (Å²) in [6.07, 6.45) is 6.68. The number of hydrogen-bond donors (Lipinski definition) is 3. The van der Waals surface area contributed by atoms with Crippen molar-refractivity contribution in [2.24, 2.45) is 5.92 Å². The van der Waals surface area contributed by atoms with Gasteiger partial charge in [-0.2, -0.15) is 12.6 Å². The van der Waals surface area contributed by atoms with Crippen LogP contribution in [0.25, 0.3) is 0 Å². The lowest BCUT2D eigenvalue weighted by Crippen LogP contribution is -2.32. The van der Waals surface area contributed by atoms with Gasteiger partial charge in [-0.15, -0.1) is 19.7 Å². The zero-order valence-electron chi connectivity index (χ0n) is 17.7. The molecule has 0 aliphatic carbocycles. The largest absolute Gasteiger partial charge is 0.356 e. The molecule has 0 rings (SSSR count). The van der Waals surface area contributed by atoms with E-state index < -0.39 is 0 Å². The second kappa shape index (κ2) is 31.0. The lowest BCUT2D eigenvalue weighted by Gasteiger charge is -2.15. The molecule has 0 bridgehead atoms. The van der Waals surface area contributed by atoms with Crippen molar-refractivity contribution in [3.05, 3.63) is 25.8 Å². The van der Waals surface area contributed by atoms with Crippen LogP contribution in [0.3, 0.4) is 0 Å². The average Bonchev–Trinajstić information content (AvgIpc) is 2.62. The topological polar surface area (TPSA) is 44.4 Å². The summed E-state index contributed by atoms with van der Waals surface area (Å²) in [5.74, 6) is 1.15. The summed E-state index contributed by atoms with van der Waals surface area (Å²) in [6.45, 7) is 15.5. The van der Waals surface area contributed by atoms with Gasteiger partial charge in [-0.1, -0.05) is 26.3 Å². The number of unbranched alkanes of at least 4 members (excludes halogenated alkanes) is 1. The molecule has 0 aromatic carbocycles. The Bertz CT molecular complexity index is 261. The van der Waals surface area contributed by atoms with Crippen LogP contribution in [-0.4, -0.2) is 57.8 Å². The Balaban J connectivity index is -0.000000274. The van der Waals surface area contributed by atoms with E-state index in [-0.39, 0.29) is 11.8 Å². The Hall–Kier alpha value is -0.780. The fourth-order valence-corrected chi connectivity index (χ4v) is 2.03. The first-order valence-electron chi connectivity index (χ1n) is 9.26. The Labute approximate surface area is 163 Å². The molecule has 25 heavy (non-hydrogen) atoms. The number of nitrogens with zero attached hydrogens (tertiary/aromatic N) is 1. The third kappa shape index (κ3) is 31.5. The number of amides is 1. The summed E-state index contributed by atoms with van der Waals surface area (Å²) >= 11 is 4.19. The van der Waals surface area contributed by atoms with Gasteiger partial charge in [0.05, 0.1) is 0 Å². The highest BCUT2D eigenvalue weighted by Crippen LogP contribution is 2.14. The molecule has 0 saturated carbocycles. The van der Waals surface area contributed by atoms with E-state index in [0.29, 0.717) is 0 Å². The smallest absolute Gasteiger partial charge is 0.223 e. The number of hydrogen-bond acceptors (Lipinski definition) is 4. The Kier molecular flexibility index (Phi) is 39.6. The minimum absolute atomic E-state index is 0.0849. The van der Waals surface area contributed by atoms with Gasteiger partial charge in [0.25, 0.3) is 0 Å². The minimum atomic E-state index is 0.0849. The molecule has 1 amide bonds. The molecule has 152 valence electrons. The number of allylic oxidation sites excluding steroid dienone is 1. The van der Waals surface area contributed by atoms with Gasteiger partial charge in [-0.3, -0.25) is 4.79 Å². The monoisotopic (exact) mass is 375 g/mol. The maximum Gasteiger partial charge on any atom is 0.223 e. The van der Waals surface area contributed by atoms with Crippen LogP contribution in [0.15, 0.2) is 25.8 Å². The van der Waals surface area contributed by atoms with Crippen molar-refractivity contribution in [1.29, 1.82) is 0 Å². The zero-order valence-corrected chi connectivity index (χ0v) is 18.6. The third-order valence-corrected chi connectivity index (χ3v) is 3.18. The molecule has 1 unspecified atom stereocenters. The number of carbonyl (C=O) groups is 1. The summed E-state index contributed by atoms with van der Waals surface area (Å²) in [5, 5.41) is 5.77. The Morgan fingerprint density at radius 3 is 2.08 bits per heavy atom. The first-order chi connectivity index (χ1) is 12.0. The van der Waals surface area contributed by atoms with Gasteiger partial charge in [0.15, 0.2) is 0 Å². The van der Waals surface area contributed by atoms with Crippen LogP contribution >= 0.6 is 12.6 Å². The number of rotatable bonds is 11. The molecule has 0 aliphatic heterocycles. The van der Waals surface area contributed by atoms with Gasteiger partial charge < -0.3 is 15.5 Å². The number of nitrogens with one attached hydrogen (secondary N) is 2. The quantitative estimate of drug-likeness (QED) is 0.290. The lowest BCUT2D eigenvalue weighted by molar-refractivity contribution is -0.125. The standard InChI is InChI=1S/C14H28N2OS.C2H7N.C2H6.C2H4/c1-4-8-13(9-5-6-12-18)14(17)15-10-7-11-16(2)3;1-3-2;2*1-2/h4,13,18H,1,5-12H2,2-3H3,(H,15,17);3H,1-2H3;1-2H3;1-2H2. The molecule has 0 aromatic heterocycles. The maximum atomic E-state index is 12.0. The molecule has 0 aromatic rings. The molecule has 0 aliphatic rings. The second-order valence-corrected chi connectivity index (χ2v) is 5.84. The minimum Gasteiger partial charge on any atom is -0.356 e.